The predicted molar refractivity (Wildman–Crippen MR) is 66.9 cm³/mol. The molecule has 0 unspecified atom stereocenters. The van der Waals surface area contributed by atoms with Crippen LogP contribution in [0.5, 0.6) is 0 Å². The number of anilines is 1. The lowest BCUT2D eigenvalue weighted by Gasteiger charge is -2.19. The van der Waals surface area contributed by atoms with Gasteiger partial charge >= 0.3 is 6.09 Å². The number of hydrogen-bond acceptors (Lipinski definition) is 4. The number of nitriles is 1. The molecule has 1 N–H and O–H groups in total. The fourth-order valence-electron chi connectivity index (χ4n) is 1.28. The highest BCUT2D eigenvalue weighted by atomic mass is 16.6. The molecule has 0 fully saturated rings. The molecule has 0 bridgehead atoms. The average molecular weight is 250 g/mol. The third-order valence-corrected chi connectivity index (χ3v) is 1.95. The van der Waals surface area contributed by atoms with Crippen LogP contribution in [-0.4, -0.2) is 21.5 Å². The van der Waals surface area contributed by atoms with Crippen molar-refractivity contribution in [1.29, 1.82) is 5.26 Å². The molecule has 0 atom stereocenters. The summed E-state index contributed by atoms with van der Waals surface area (Å²) in [4.78, 5) is 11.5. The second kappa shape index (κ2) is 6.05. The van der Waals surface area contributed by atoms with Gasteiger partial charge in [-0.15, -0.1) is 0 Å². The van der Waals surface area contributed by atoms with Crippen LogP contribution in [0.1, 0.15) is 33.6 Å². The number of aromatic nitrogens is 2. The lowest BCUT2D eigenvalue weighted by Crippen LogP contribution is -2.27. The summed E-state index contributed by atoms with van der Waals surface area (Å²) < 4.78 is 6.79. The van der Waals surface area contributed by atoms with Gasteiger partial charge in [-0.25, -0.2) is 4.79 Å². The summed E-state index contributed by atoms with van der Waals surface area (Å²) in [6.45, 7) is 6.05. The average Bonchev–Trinajstić information content (AvgIpc) is 2.63. The minimum Gasteiger partial charge on any atom is -0.444 e. The summed E-state index contributed by atoms with van der Waals surface area (Å²) in [5, 5.41) is 15.1. The maximum absolute atomic E-state index is 11.5. The van der Waals surface area contributed by atoms with E-state index >= 15 is 0 Å². The van der Waals surface area contributed by atoms with Crippen LogP contribution in [0.2, 0.25) is 0 Å². The fourth-order valence-corrected chi connectivity index (χ4v) is 1.28. The molecule has 0 aliphatic rings. The lowest BCUT2D eigenvalue weighted by molar-refractivity contribution is 0.0635. The summed E-state index contributed by atoms with van der Waals surface area (Å²) in [7, 11) is 0. The van der Waals surface area contributed by atoms with Gasteiger partial charge in [-0.3, -0.25) is 10.00 Å². The molecule has 1 aromatic heterocycles. The zero-order chi connectivity index (χ0) is 13.6. The minimum atomic E-state index is -0.528. The van der Waals surface area contributed by atoms with E-state index in [1.165, 1.54) is 0 Å². The molecule has 1 amide bonds. The quantitative estimate of drug-likeness (QED) is 0.833. The van der Waals surface area contributed by atoms with Gasteiger partial charge in [0.1, 0.15) is 5.60 Å². The summed E-state index contributed by atoms with van der Waals surface area (Å²) in [6.07, 6.45) is 2.47. The standard InChI is InChI=1S/C12H18N4O2/c1-12(2,3)18-11(17)14-10-6-9-16(15-10)8-5-4-7-13/h6,9H,4-5,8H2,1-3H3,(H,14,15,17). The van der Waals surface area contributed by atoms with Crippen LogP contribution >= 0.6 is 0 Å². The molecule has 18 heavy (non-hydrogen) atoms. The molecule has 0 aromatic carbocycles. The van der Waals surface area contributed by atoms with Crippen molar-refractivity contribution in [3.63, 3.8) is 0 Å². The van der Waals surface area contributed by atoms with E-state index in [0.29, 0.717) is 18.8 Å². The van der Waals surface area contributed by atoms with E-state index in [9.17, 15) is 4.79 Å². The highest BCUT2D eigenvalue weighted by Crippen LogP contribution is 2.10. The number of nitrogens with zero attached hydrogens (tertiary/aromatic N) is 3. The Labute approximate surface area is 107 Å². The maximum atomic E-state index is 11.5. The highest BCUT2D eigenvalue weighted by molar-refractivity contribution is 5.83. The number of amides is 1. The van der Waals surface area contributed by atoms with Crippen molar-refractivity contribution in [3.05, 3.63) is 12.3 Å². The van der Waals surface area contributed by atoms with Crippen molar-refractivity contribution in [1.82, 2.24) is 9.78 Å². The van der Waals surface area contributed by atoms with Crippen LogP contribution in [0.3, 0.4) is 0 Å². The fraction of sp³-hybridized carbons (Fsp3) is 0.583. The molecular weight excluding hydrogens is 232 g/mol. The number of hydrogen-bond donors (Lipinski definition) is 1. The first-order chi connectivity index (χ1) is 8.40. The summed E-state index contributed by atoms with van der Waals surface area (Å²) in [5.74, 6) is 0.446. The summed E-state index contributed by atoms with van der Waals surface area (Å²) in [5.41, 5.74) is -0.528. The van der Waals surface area contributed by atoms with E-state index < -0.39 is 11.7 Å². The van der Waals surface area contributed by atoms with E-state index in [2.05, 4.69) is 16.5 Å². The molecule has 0 aliphatic heterocycles. The zero-order valence-corrected chi connectivity index (χ0v) is 10.9. The molecule has 1 heterocycles. The van der Waals surface area contributed by atoms with Gasteiger partial charge in [-0.2, -0.15) is 10.4 Å². The Morgan fingerprint density at radius 1 is 1.61 bits per heavy atom. The van der Waals surface area contributed by atoms with Gasteiger partial charge in [0, 0.05) is 25.2 Å². The first-order valence-corrected chi connectivity index (χ1v) is 5.81. The van der Waals surface area contributed by atoms with Gasteiger partial charge in [-0.05, 0) is 27.2 Å². The largest absolute Gasteiger partial charge is 0.444 e. The number of unbranched alkanes of at least 4 members (excludes halogenated alkanes) is 1. The first-order valence-electron chi connectivity index (χ1n) is 5.81. The van der Waals surface area contributed by atoms with E-state index in [1.807, 2.05) is 0 Å². The second-order valence-electron chi connectivity index (χ2n) is 4.85. The van der Waals surface area contributed by atoms with Crippen molar-refractivity contribution in [2.24, 2.45) is 0 Å². The SMILES string of the molecule is CC(C)(C)OC(=O)Nc1ccn(CCCC#N)n1. The normalized spacial score (nSPS) is 10.8. The molecule has 0 spiro atoms. The van der Waals surface area contributed by atoms with E-state index in [1.54, 1.807) is 37.7 Å². The molecule has 1 rings (SSSR count). The summed E-state index contributed by atoms with van der Waals surface area (Å²) in [6, 6.07) is 3.76. The van der Waals surface area contributed by atoms with Gasteiger partial charge in [0.15, 0.2) is 5.82 Å². The van der Waals surface area contributed by atoms with Crippen LogP contribution in [0.25, 0.3) is 0 Å². The van der Waals surface area contributed by atoms with Gasteiger partial charge in [0.2, 0.25) is 0 Å². The lowest BCUT2D eigenvalue weighted by atomic mass is 10.2. The van der Waals surface area contributed by atoms with E-state index in [4.69, 9.17) is 10.00 Å². The van der Waals surface area contributed by atoms with Crippen LogP contribution in [0.15, 0.2) is 12.3 Å². The van der Waals surface area contributed by atoms with Crippen molar-refractivity contribution < 1.29 is 9.53 Å². The number of nitrogens with one attached hydrogen (secondary N) is 1. The van der Waals surface area contributed by atoms with Crippen molar-refractivity contribution in [2.45, 2.75) is 45.8 Å². The third kappa shape index (κ3) is 5.34. The number of carbonyl (C=O) groups excluding carboxylic acids is 1. The Kier molecular flexibility index (Phi) is 4.72. The number of aryl methyl sites for hydroxylation is 1. The molecular formula is C12H18N4O2. The van der Waals surface area contributed by atoms with Crippen molar-refractivity contribution in [3.8, 4) is 6.07 Å². The van der Waals surface area contributed by atoms with Gasteiger partial charge in [0.25, 0.3) is 0 Å². The molecule has 0 saturated heterocycles. The minimum absolute atomic E-state index is 0.446. The van der Waals surface area contributed by atoms with E-state index in [0.717, 1.165) is 6.42 Å². The number of carbonyl (C=O) groups is 1. The van der Waals surface area contributed by atoms with Crippen LogP contribution in [0.4, 0.5) is 10.6 Å². The second-order valence-corrected chi connectivity index (χ2v) is 4.85. The number of ether oxygens (including phenoxy) is 1. The summed E-state index contributed by atoms with van der Waals surface area (Å²) >= 11 is 0. The predicted octanol–water partition coefficient (Wildman–Crippen LogP) is 2.53. The van der Waals surface area contributed by atoms with Gasteiger partial charge in [0.05, 0.1) is 6.07 Å². The van der Waals surface area contributed by atoms with Crippen LogP contribution in [0, 0.1) is 11.3 Å². The Morgan fingerprint density at radius 2 is 2.33 bits per heavy atom. The molecule has 6 nitrogen and oxygen atoms in total. The van der Waals surface area contributed by atoms with Gasteiger partial charge < -0.3 is 4.74 Å². The van der Waals surface area contributed by atoms with Crippen molar-refractivity contribution >= 4 is 11.9 Å². The molecule has 0 saturated carbocycles. The van der Waals surface area contributed by atoms with Crippen LogP contribution in [-0.2, 0) is 11.3 Å². The Balaban J connectivity index is 2.44. The molecule has 0 radical (unpaired) electrons. The number of rotatable bonds is 4. The topological polar surface area (TPSA) is 79.9 Å². The van der Waals surface area contributed by atoms with Gasteiger partial charge in [-0.1, -0.05) is 0 Å². The molecule has 1 aromatic rings. The molecule has 98 valence electrons. The zero-order valence-electron chi connectivity index (χ0n) is 10.9. The first kappa shape index (κ1) is 14.0. The maximum Gasteiger partial charge on any atom is 0.413 e. The smallest absolute Gasteiger partial charge is 0.413 e. The molecule has 0 aliphatic carbocycles. The monoisotopic (exact) mass is 250 g/mol. The Morgan fingerprint density at radius 3 is 2.94 bits per heavy atom. The van der Waals surface area contributed by atoms with E-state index in [-0.39, 0.29) is 0 Å². The molecule has 6 heteroatoms. The van der Waals surface area contributed by atoms with Crippen molar-refractivity contribution in [2.75, 3.05) is 5.32 Å². The Hall–Kier alpha value is -2.03. The van der Waals surface area contributed by atoms with Crippen LogP contribution < -0.4 is 5.32 Å². The highest BCUT2D eigenvalue weighted by Gasteiger charge is 2.16. The Bertz CT molecular complexity index is 440. The third-order valence-electron chi connectivity index (χ3n) is 1.95.